The van der Waals surface area contributed by atoms with E-state index in [9.17, 15) is 4.39 Å². The number of methoxy groups -OCH3 is 1. The van der Waals surface area contributed by atoms with E-state index in [2.05, 4.69) is 15.9 Å². The summed E-state index contributed by atoms with van der Waals surface area (Å²) in [6, 6.07) is 4.99. The number of ether oxygens (including phenoxy) is 1. The van der Waals surface area contributed by atoms with Gasteiger partial charge in [-0.2, -0.15) is 0 Å². The lowest BCUT2D eigenvalue weighted by Crippen LogP contribution is -2.50. The van der Waals surface area contributed by atoms with Crippen LogP contribution in [0.1, 0.15) is 44.1 Å². The summed E-state index contributed by atoms with van der Waals surface area (Å²) >= 11 is 3.28. The van der Waals surface area contributed by atoms with Crippen LogP contribution in [0.3, 0.4) is 0 Å². The monoisotopic (exact) mass is 343 g/mol. The molecule has 0 amide bonds. The van der Waals surface area contributed by atoms with Crippen LogP contribution in [0.15, 0.2) is 22.7 Å². The second-order valence-corrected chi connectivity index (χ2v) is 6.65. The van der Waals surface area contributed by atoms with Gasteiger partial charge in [-0.15, -0.1) is 0 Å². The second-order valence-electron chi connectivity index (χ2n) is 5.73. The maximum absolute atomic E-state index is 14.0. The topological polar surface area (TPSA) is 35.2 Å². The molecule has 2 nitrogen and oxygen atoms in total. The van der Waals surface area contributed by atoms with E-state index in [0.29, 0.717) is 12.0 Å². The van der Waals surface area contributed by atoms with Gasteiger partial charge in [-0.05, 0) is 37.0 Å². The predicted octanol–water partition coefficient (Wildman–Crippen LogP) is 4.20. The first kappa shape index (κ1) is 15.9. The van der Waals surface area contributed by atoms with E-state index in [0.717, 1.165) is 30.2 Å². The lowest BCUT2D eigenvalue weighted by Gasteiger charge is -2.37. The molecule has 0 aliphatic heterocycles. The standard InChI is InChI=1S/C16H23BrFNO/c1-20-16(8-4-2-3-5-9-16)15(19)10-12-6-7-13(17)11-14(12)18/h6-7,11,15H,2-5,8-10,19H2,1H3. The molecule has 1 atom stereocenters. The molecule has 0 saturated heterocycles. The maximum Gasteiger partial charge on any atom is 0.127 e. The molecule has 112 valence electrons. The highest BCUT2D eigenvalue weighted by molar-refractivity contribution is 9.10. The third kappa shape index (κ3) is 3.60. The summed E-state index contributed by atoms with van der Waals surface area (Å²) in [4.78, 5) is 0. The van der Waals surface area contributed by atoms with E-state index in [4.69, 9.17) is 10.5 Å². The van der Waals surface area contributed by atoms with Crippen molar-refractivity contribution >= 4 is 15.9 Å². The molecule has 2 rings (SSSR count). The van der Waals surface area contributed by atoms with E-state index in [1.165, 1.54) is 18.9 Å². The average molecular weight is 344 g/mol. The molecule has 1 aliphatic rings. The Kier molecular flexibility index (Phi) is 5.58. The van der Waals surface area contributed by atoms with Crippen molar-refractivity contribution in [2.45, 2.75) is 56.6 Å². The minimum atomic E-state index is -0.296. The van der Waals surface area contributed by atoms with Gasteiger partial charge in [0.2, 0.25) is 0 Å². The number of benzene rings is 1. The van der Waals surface area contributed by atoms with Crippen molar-refractivity contribution in [1.29, 1.82) is 0 Å². The Morgan fingerprint density at radius 1 is 1.30 bits per heavy atom. The Labute approximate surface area is 129 Å². The summed E-state index contributed by atoms with van der Waals surface area (Å²) < 4.78 is 20.5. The highest BCUT2D eigenvalue weighted by Crippen LogP contribution is 2.33. The number of nitrogens with two attached hydrogens (primary N) is 1. The van der Waals surface area contributed by atoms with Gasteiger partial charge in [-0.3, -0.25) is 0 Å². The lowest BCUT2D eigenvalue weighted by molar-refractivity contribution is -0.0431. The molecule has 1 aliphatic carbocycles. The summed E-state index contributed by atoms with van der Waals surface area (Å²) in [6.45, 7) is 0. The zero-order valence-electron chi connectivity index (χ0n) is 12.0. The molecule has 0 heterocycles. The fraction of sp³-hybridized carbons (Fsp3) is 0.625. The molecule has 1 unspecified atom stereocenters. The normalized spacial score (nSPS) is 20.4. The maximum atomic E-state index is 14.0. The summed E-state index contributed by atoms with van der Waals surface area (Å²) in [5.74, 6) is -0.199. The van der Waals surface area contributed by atoms with Gasteiger partial charge < -0.3 is 10.5 Å². The second kappa shape index (κ2) is 7.01. The van der Waals surface area contributed by atoms with Crippen molar-refractivity contribution in [3.63, 3.8) is 0 Å². The van der Waals surface area contributed by atoms with Crippen molar-refractivity contribution in [2.24, 2.45) is 5.73 Å². The number of hydrogen-bond donors (Lipinski definition) is 1. The Hall–Kier alpha value is -0.450. The fourth-order valence-corrected chi connectivity index (χ4v) is 3.50. The van der Waals surface area contributed by atoms with Crippen LogP contribution in [0.4, 0.5) is 4.39 Å². The van der Waals surface area contributed by atoms with Gasteiger partial charge in [0.25, 0.3) is 0 Å². The molecule has 1 aromatic carbocycles. The third-order valence-electron chi connectivity index (χ3n) is 4.49. The molecule has 0 radical (unpaired) electrons. The van der Waals surface area contributed by atoms with Gasteiger partial charge in [0.15, 0.2) is 0 Å². The number of halogens is 2. The van der Waals surface area contributed by atoms with Crippen molar-refractivity contribution in [1.82, 2.24) is 0 Å². The van der Waals surface area contributed by atoms with Crippen molar-refractivity contribution in [3.05, 3.63) is 34.1 Å². The smallest absolute Gasteiger partial charge is 0.127 e. The minimum absolute atomic E-state index is 0.165. The first-order chi connectivity index (χ1) is 9.57. The Morgan fingerprint density at radius 2 is 1.95 bits per heavy atom. The Bertz CT molecular complexity index is 444. The highest BCUT2D eigenvalue weighted by Gasteiger charge is 2.37. The molecule has 1 fully saturated rings. The third-order valence-corrected chi connectivity index (χ3v) is 4.98. The molecule has 4 heteroatoms. The predicted molar refractivity (Wildman–Crippen MR) is 83.2 cm³/mol. The summed E-state index contributed by atoms with van der Waals surface area (Å²) in [6.07, 6.45) is 7.24. The van der Waals surface area contributed by atoms with E-state index >= 15 is 0 Å². The summed E-state index contributed by atoms with van der Waals surface area (Å²) in [5, 5.41) is 0. The largest absolute Gasteiger partial charge is 0.377 e. The average Bonchev–Trinajstić information content (AvgIpc) is 2.68. The van der Waals surface area contributed by atoms with Crippen LogP contribution in [0, 0.1) is 5.82 Å². The molecule has 1 aromatic rings. The summed E-state index contributed by atoms with van der Waals surface area (Å²) in [7, 11) is 1.74. The highest BCUT2D eigenvalue weighted by atomic mass is 79.9. The Balaban J connectivity index is 2.13. The Morgan fingerprint density at radius 3 is 2.50 bits per heavy atom. The number of hydrogen-bond acceptors (Lipinski definition) is 2. The first-order valence-electron chi connectivity index (χ1n) is 7.32. The van der Waals surface area contributed by atoms with Crippen molar-refractivity contribution in [2.75, 3.05) is 7.11 Å². The van der Waals surface area contributed by atoms with E-state index in [1.54, 1.807) is 13.2 Å². The number of rotatable bonds is 4. The van der Waals surface area contributed by atoms with Crippen LogP contribution in [-0.4, -0.2) is 18.8 Å². The molecule has 0 aromatic heterocycles. The van der Waals surface area contributed by atoms with Gasteiger partial charge >= 0.3 is 0 Å². The van der Waals surface area contributed by atoms with Gasteiger partial charge in [0, 0.05) is 17.6 Å². The van der Waals surface area contributed by atoms with Crippen LogP contribution in [0.25, 0.3) is 0 Å². The molecule has 0 bridgehead atoms. The minimum Gasteiger partial charge on any atom is -0.377 e. The van der Waals surface area contributed by atoms with Crippen LogP contribution in [-0.2, 0) is 11.2 Å². The van der Waals surface area contributed by atoms with Gasteiger partial charge in [0.1, 0.15) is 5.82 Å². The molecular weight excluding hydrogens is 321 g/mol. The SMILES string of the molecule is COC1(C(N)Cc2ccc(Br)cc2F)CCCCCC1. The quantitative estimate of drug-likeness (QED) is 0.831. The van der Waals surface area contributed by atoms with E-state index in [-0.39, 0.29) is 17.5 Å². The lowest BCUT2D eigenvalue weighted by atomic mass is 9.83. The molecule has 2 N–H and O–H groups in total. The molecule has 1 saturated carbocycles. The van der Waals surface area contributed by atoms with Gasteiger partial charge in [0.05, 0.1) is 5.60 Å². The van der Waals surface area contributed by atoms with Crippen LogP contribution < -0.4 is 5.73 Å². The fourth-order valence-electron chi connectivity index (χ4n) is 3.16. The van der Waals surface area contributed by atoms with Crippen molar-refractivity contribution < 1.29 is 9.13 Å². The van der Waals surface area contributed by atoms with Gasteiger partial charge in [-0.25, -0.2) is 4.39 Å². The zero-order valence-corrected chi connectivity index (χ0v) is 13.6. The van der Waals surface area contributed by atoms with Gasteiger partial charge in [-0.1, -0.05) is 47.7 Å². The van der Waals surface area contributed by atoms with E-state index in [1.807, 2.05) is 6.07 Å². The molecule has 0 spiro atoms. The van der Waals surface area contributed by atoms with E-state index < -0.39 is 0 Å². The molecular formula is C16H23BrFNO. The first-order valence-corrected chi connectivity index (χ1v) is 8.11. The summed E-state index contributed by atoms with van der Waals surface area (Å²) in [5.41, 5.74) is 6.77. The molecule has 20 heavy (non-hydrogen) atoms. The van der Waals surface area contributed by atoms with Crippen LogP contribution in [0.2, 0.25) is 0 Å². The van der Waals surface area contributed by atoms with Crippen LogP contribution in [0.5, 0.6) is 0 Å². The van der Waals surface area contributed by atoms with Crippen molar-refractivity contribution in [3.8, 4) is 0 Å². The zero-order chi connectivity index (χ0) is 14.6. The van der Waals surface area contributed by atoms with Crippen LogP contribution >= 0.6 is 15.9 Å².